The first-order valence-corrected chi connectivity index (χ1v) is 8.99. The Balaban J connectivity index is 2.12. The number of isothiocyanates is 1. The number of aromatic nitrogens is 1. The van der Waals surface area contributed by atoms with Crippen molar-refractivity contribution in [3.05, 3.63) is 17.1 Å². The maximum Gasteiger partial charge on any atom is 0.0992 e. The highest BCUT2D eigenvalue weighted by atomic mass is 32.1. The van der Waals surface area contributed by atoms with Crippen LogP contribution in [-0.4, -0.2) is 23.2 Å². The minimum absolute atomic E-state index is 0.0720. The molecule has 0 radical (unpaired) electrons. The summed E-state index contributed by atoms with van der Waals surface area (Å²) in [6, 6.07) is 4.30. The molecular weight excluding hydrogens is 310 g/mol. The molecule has 0 amide bonds. The van der Waals surface area contributed by atoms with Gasteiger partial charge in [-0.25, -0.2) is 4.98 Å². The minimum atomic E-state index is 0.0720. The fraction of sp³-hybridized carbons (Fsp3) is 0.529. The molecule has 1 aliphatic rings. The summed E-state index contributed by atoms with van der Waals surface area (Å²) in [5.41, 5.74) is 3.21. The number of benzene rings is 1. The maximum absolute atomic E-state index is 4.84. The monoisotopic (exact) mass is 331 g/mol. The molecule has 0 atom stereocenters. The zero-order chi connectivity index (χ0) is 15.7. The Kier molecular flexibility index (Phi) is 4.31. The van der Waals surface area contributed by atoms with Crippen LogP contribution in [0.5, 0.6) is 0 Å². The highest BCUT2D eigenvalue weighted by molar-refractivity contribution is 7.78. The molecule has 1 fully saturated rings. The van der Waals surface area contributed by atoms with Crippen LogP contribution in [0, 0.1) is 0 Å². The molecule has 0 spiro atoms. The van der Waals surface area contributed by atoms with Crippen LogP contribution in [0.3, 0.4) is 0 Å². The molecule has 3 rings (SSSR count). The van der Waals surface area contributed by atoms with Gasteiger partial charge in [0.2, 0.25) is 0 Å². The van der Waals surface area contributed by atoms with Gasteiger partial charge in [0.15, 0.2) is 0 Å². The van der Waals surface area contributed by atoms with Gasteiger partial charge in [0.25, 0.3) is 0 Å². The van der Waals surface area contributed by atoms with Gasteiger partial charge in [-0.05, 0) is 43.6 Å². The molecule has 0 bridgehead atoms. The standard InChI is InChI=1S/C17H21N3S2/c1-17(2,3)16-19-13-9-14(20-7-5-4-6-8-20)12(18-11-21)10-15(13)22-16/h9-10H,4-8H2,1-3H3. The van der Waals surface area contributed by atoms with E-state index in [-0.39, 0.29) is 5.41 Å². The number of hydrogen-bond acceptors (Lipinski definition) is 5. The number of fused-ring (bicyclic) bond motifs is 1. The second-order valence-electron chi connectivity index (χ2n) is 6.83. The van der Waals surface area contributed by atoms with Crippen molar-refractivity contribution in [2.75, 3.05) is 18.0 Å². The number of thiocarbonyl (C=S) groups is 1. The molecule has 0 saturated carbocycles. The molecule has 2 aromatic rings. The normalized spacial score (nSPS) is 15.9. The van der Waals surface area contributed by atoms with E-state index in [2.05, 4.69) is 48.0 Å². The number of anilines is 1. The molecule has 0 aliphatic carbocycles. The van der Waals surface area contributed by atoms with Gasteiger partial charge in [0.05, 0.1) is 31.8 Å². The van der Waals surface area contributed by atoms with Gasteiger partial charge in [0.1, 0.15) is 0 Å². The molecule has 3 nitrogen and oxygen atoms in total. The summed E-state index contributed by atoms with van der Waals surface area (Å²) in [5.74, 6) is 0. The summed E-state index contributed by atoms with van der Waals surface area (Å²) in [6.45, 7) is 8.77. The number of rotatable bonds is 2. The summed E-state index contributed by atoms with van der Waals surface area (Å²) in [6.07, 6.45) is 3.79. The van der Waals surface area contributed by atoms with Crippen molar-refractivity contribution < 1.29 is 0 Å². The molecule has 2 heterocycles. The lowest BCUT2D eigenvalue weighted by Crippen LogP contribution is -2.29. The lowest BCUT2D eigenvalue weighted by atomic mass is 9.98. The molecule has 116 valence electrons. The van der Waals surface area contributed by atoms with E-state index in [1.807, 2.05) is 0 Å². The van der Waals surface area contributed by atoms with E-state index in [0.717, 1.165) is 35.0 Å². The van der Waals surface area contributed by atoms with Crippen molar-refractivity contribution in [2.24, 2.45) is 4.99 Å². The first-order valence-electron chi connectivity index (χ1n) is 7.77. The number of hydrogen-bond donors (Lipinski definition) is 0. The Morgan fingerprint density at radius 3 is 2.59 bits per heavy atom. The predicted octanol–water partition coefficient (Wildman–Crippen LogP) is 5.32. The van der Waals surface area contributed by atoms with E-state index in [4.69, 9.17) is 17.2 Å². The van der Waals surface area contributed by atoms with Gasteiger partial charge in [-0.15, -0.1) is 11.3 Å². The van der Waals surface area contributed by atoms with Crippen LogP contribution in [0.15, 0.2) is 17.1 Å². The third kappa shape index (κ3) is 3.07. The van der Waals surface area contributed by atoms with Crippen molar-refractivity contribution in [3.63, 3.8) is 0 Å². The van der Waals surface area contributed by atoms with Crippen molar-refractivity contribution in [1.82, 2.24) is 4.98 Å². The number of nitrogens with zero attached hydrogens (tertiary/aromatic N) is 3. The number of aliphatic imine (C=N–C) groups is 1. The van der Waals surface area contributed by atoms with E-state index >= 15 is 0 Å². The average molecular weight is 332 g/mol. The van der Waals surface area contributed by atoms with Crippen molar-refractivity contribution >= 4 is 50.3 Å². The van der Waals surface area contributed by atoms with Crippen molar-refractivity contribution in [3.8, 4) is 0 Å². The largest absolute Gasteiger partial charge is 0.370 e. The summed E-state index contributed by atoms with van der Waals surface area (Å²) in [7, 11) is 0. The van der Waals surface area contributed by atoms with E-state index < -0.39 is 0 Å². The molecule has 1 aromatic carbocycles. The molecular formula is C17H21N3S2. The fourth-order valence-electron chi connectivity index (χ4n) is 2.80. The third-order valence-electron chi connectivity index (χ3n) is 3.99. The Hall–Kier alpha value is -1.29. The van der Waals surface area contributed by atoms with Crippen molar-refractivity contribution in [2.45, 2.75) is 45.4 Å². The van der Waals surface area contributed by atoms with Crippen LogP contribution >= 0.6 is 23.6 Å². The smallest absolute Gasteiger partial charge is 0.0992 e. The van der Waals surface area contributed by atoms with Gasteiger partial charge < -0.3 is 4.90 Å². The summed E-state index contributed by atoms with van der Waals surface area (Å²) in [4.78, 5) is 11.6. The lowest BCUT2D eigenvalue weighted by Gasteiger charge is -2.29. The second kappa shape index (κ2) is 6.07. The molecule has 1 aromatic heterocycles. The van der Waals surface area contributed by atoms with Crippen LogP contribution in [0.2, 0.25) is 0 Å². The van der Waals surface area contributed by atoms with E-state index in [1.165, 1.54) is 24.0 Å². The number of piperidine rings is 1. The number of thiazole rings is 1. The Morgan fingerprint density at radius 2 is 1.95 bits per heavy atom. The Bertz CT molecular complexity index is 730. The predicted molar refractivity (Wildman–Crippen MR) is 99.1 cm³/mol. The Morgan fingerprint density at radius 1 is 1.23 bits per heavy atom. The van der Waals surface area contributed by atoms with E-state index in [9.17, 15) is 0 Å². The second-order valence-corrected chi connectivity index (χ2v) is 8.04. The average Bonchev–Trinajstić information content (AvgIpc) is 2.91. The third-order valence-corrected chi connectivity index (χ3v) is 5.52. The van der Waals surface area contributed by atoms with Crippen molar-refractivity contribution in [1.29, 1.82) is 0 Å². The SMILES string of the molecule is CC(C)(C)c1nc2cc(N3CCCCC3)c(N=C=S)cc2s1. The molecule has 22 heavy (non-hydrogen) atoms. The first kappa shape index (κ1) is 15.6. The van der Waals surface area contributed by atoms with Gasteiger partial charge in [-0.2, -0.15) is 4.99 Å². The molecule has 1 aliphatic heterocycles. The minimum Gasteiger partial charge on any atom is -0.370 e. The maximum atomic E-state index is 4.84. The highest BCUT2D eigenvalue weighted by Crippen LogP contribution is 2.39. The summed E-state index contributed by atoms with van der Waals surface area (Å²) in [5, 5.41) is 3.69. The van der Waals surface area contributed by atoms with Gasteiger partial charge in [-0.1, -0.05) is 20.8 Å². The zero-order valence-corrected chi connectivity index (χ0v) is 15.0. The molecule has 5 heteroatoms. The van der Waals surface area contributed by atoms with Gasteiger partial charge in [0, 0.05) is 18.5 Å². The quantitative estimate of drug-likeness (QED) is 0.551. The van der Waals surface area contributed by atoms with E-state index in [0.29, 0.717) is 0 Å². The van der Waals surface area contributed by atoms with Gasteiger partial charge >= 0.3 is 0 Å². The molecule has 1 saturated heterocycles. The highest BCUT2D eigenvalue weighted by Gasteiger charge is 2.21. The van der Waals surface area contributed by atoms with Gasteiger partial charge in [-0.3, -0.25) is 0 Å². The fourth-order valence-corrected chi connectivity index (χ4v) is 3.94. The topological polar surface area (TPSA) is 28.5 Å². The summed E-state index contributed by atoms with van der Waals surface area (Å²) >= 11 is 6.58. The van der Waals surface area contributed by atoms with Crippen LogP contribution in [0.4, 0.5) is 11.4 Å². The van der Waals surface area contributed by atoms with Crippen LogP contribution < -0.4 is 4.90 Å². The summed E-state index contributed by atoms with van der Waals surface area (Å²) < 4.78 is 1.18. The first-order chi connectivity index (χ1) is 10.5. The zero-order valence-electron chi connectivity index (χ0n) is 13.3. The lowest BCUT2D eigenvalue weighted by molar-refractivity contribution is 0.578. The van der Waals surface area contributed by atoms with E-state index in [1.54, 1.807) is 11.3 Å². The van der Waals surface area contributed by atoms with Crippen LogP contribution in [0.1, 0.15) is 45.0 Å². The van der Waals surface area contributed by atoms with Crippen LogP contribution in [-0.2, 0) is 5.41 Å². The molecule has 0 unspecified atom stereocenters. The Labute approximate surface area is 141 Å². The van der Waals surface area contributed by atoms with Crippen LogP contribution in [0.25, 0.3) is 10.2 Å². The molecule has 0 N–H and O–H groups in total.